The van der Waals surface area contributed by atoms with Crippen molar-refractivity contribution in [3.05, 3.63) is 89.4 Å². The van der Waals surface area contributed by atoms with Crippen LogP contribution in [0, 0.1) is 0 Å². The van der Waals surface area contributed by atoms with E-state index in [2.05, 4.69) is 4.90 Å². The number of carbonyl (C=O) groups excluding carboxylic acids is 1. The zero-order chi connectivity index (χ0) is 24.9. The molecule has 1 heterocycles. The van der Waals surface area contributed by atoms with E-state index in [9.17, 15) is 13.2 Å². The van der Waals surface area contributed by atoms with E-state index in [0.29, 0.717) is 36.2 Å². The highest BCUT2D eigenvalue weighted by Gasteiger charge is 2.54. The van der Waals surface area contributed by atoms with Crippen LogP contribution in [-0.4, -0.2) is 43.7 Å². The first kappa shape index (κ1) is 25.2. The molecule has 3 aromatic rings. The molecule has 0 aliphatic carbocycles. The third-order valence-electron chi connectivity index (χ3n) is 6.26. The zero-order valence-corrected chi connectivity index (χ0v) is 21.1. The summed E-state index contributed by atoms with van der Waals surface area (Å²) in [5, 5.41) is 0.595. The van der Waals surface area contributed by atoms with Crippen molar-refractivity contribution in [2.24, 2.45) is 0 Å². The Kier molecular flexibility index (Phi) is 7.79. The topological polar surface area (TPSA) is 72.9 Å². The number of ether oxygens (including phenoxy) is 2. The summed E-state index contributed by atoms with van der Waals surface area (Å²) in [4.78, 5) is 15.3. The van der Waals surface area contributed by atoms with Crippen molar-refractivity contribution in [3.63, 3.8) is 0 Å². The summed E-state index contributed by atoms with van der Waals surface area (Å²) in [6.07, 6.45) is 0.341. The van der Waals surface area contributed by atoms with Crippen molar-refractivity contribution in [2.45, 2.75) is 36.0 Å². The van der Waals surface area contributed by atoms with Gasteiger partial charge in [-0.1, -0.05) is 41.9 Å². The van der Waals surface area contributed by atoms with Gasteiger partial charge in [0.1, 0.15) is 11.5 Å². The van der Waals surface area contributed by atoms with Crippen molar-refractivity contribution < 1.29 is 22.7 Å². The largest absolute Gasteiger partial charge is 0.465 e. The number of likely N-dealkylation sites (tertiary alicyclic amines) is 1. The van der Waals surface area contributed by atoms with Crippen molar-refractivity contribution in [1.29, 1.82) is 0 Å². The molecule has 0 unspecified atom stereocenters. The molecule has 1 aliphatic rings. The van der Waals surface area contributed by atoms with Gasteiger partial charge in [-0.2, -0.15) is 0 Å². The standard InChI is InChI=1S/C27H28ClNO5S/c1-2-33-26(30)27(16-18-29(19-17-27)20-21-6-4-3-5-7-21)35(31,32)25-14-12-24(13-15-25)34-23-10-8-22(28)9-11-23/h3-15H,2,16-20H2,1H3. The van der Waals surface area contributed by atoms with Gasteiger partial charge in [-0.05, 0) is 73.9 Å². The van der Waals surface area contributed by atoms with Crippen molar-refractivity contribution >= 4 is 27.4 Å². The molecule has 35 heavy (non-hydrogen) atoms. The second-order valence-electron chi connectivity index (χ2n) is 8.51. The third-order valence-corrected chi connectivity index (χ3v) is 9.01. The normalized spacial score (nSPS) is 15.9. The van der Waals surface area contributed by atoms with Crippen molar-refractivity contribution in [1.82, 2.24) is 4.90 Å². The molecule has 184 valence electrons. The Balaban J connectivity index is 1.54. The highest BCUT2D eigenvalue weighted by molar-refractivity contribution is 7.93. The first-order valence-electron chi connectivity index (χ1n) is 11.6. The van der Waals surface area contributed by atoms with E-state index in [0.717, 1.165) is 5.56 Å². The van der Waals surface area contributed by atoms with Crippen LogP contribution in [0.25, 0.3) is 0 Å². The van der Waals surface area contributed by atoms with Crippen LogP contribution in [0.5, 0.6) is 11.5 Å². The SMILES string of the molecule is CCOC(=O)C1(S(=O)(=O)c2ccc(Oc3ccc(Cl)cc3)cc2)CCN(Cc2ccccc2)CC1. The first-order chi connectivity index (χ1) is 16.8. The van der Waals surface area contributed by atoms with Gasteiger partial charge in [0.15, 0.2) is 14.6 Å². The smallest absolute Gasteiger partial charge is 0.327 e. The minimum Gasteiger partial charge on any atom is -0.465 e. The fourth-order valence-electron chi connectivity index (χ4n) is 4.31. The minimum absolute atomic E-state index is 0.0746. The third kappa shape index (κ3) is 5.53. The maximum atomic E-state index is 13.8. The van der Waals surface area contributed by atoms with E-state index >= 15 is 0 Å². The number of carbonyl (C=O) groups is 1. The second-order valence-corrected chi connectivity index (χ2v) is 11.2. The Bertz CT molecular complexity index is 1240. The van der Waals surface area contributed by atoms with Gasteiger partial charge in [0.25, 0.3) is 0 Å². The average molecular weight is 514 g/mol. The minimum atomic E-state index is -4.01. The monoisotopic (exact) mass is 513 g/mol. The quantitative estimate of drug-likeness (QED) is 0.370. The van der Waals surface area contributed by atoms with Crippen LogP contribution in [-0.2, 0) is 25.9 Å². The Labute approximate surface area is 211 Å². The predicted octanol–water partition coefficient (Wildman–Crippen LogP) is 5.50. The molecule has 0 aromatic heterocycles. The molecular formula is C27H28ClNO5S. The highest BCUT2D eigenvalue weighted by atomic mass is 35.5. The van der Waals surface area contributed by atoms with Gasteiger partial charge in [-0.3, -0.25) is 9.69 Å². The second kappa shape index (κ2) is 10.8. The summed E-state index contributed by atoms with van der Waals surface area (Å²) in [5.41, 5.74) is 1.15. The summed E-state index contributed by atoms with van der Waals surface area (Å²) in [7, 11) is -4.01. The molecule has 0 saturated carbocycles. The molecule has 0 amide bonds. The van der Waals surface area contributed by atoms with Crippen LogP contribution < -0.4 is 4.74 Å². The van der Waals surface area contributed by atoms with Gasteiger partial charge in [0.05, 0.1) is 11.5 Å². The number of nitrogens with zero attached hydrogens (tertiary/aromatic N) is 1. The van der Waals surface area contributed by atoms with E-state index in [-0.39, 0.29) is 24.3 Å². The summed E-state index contributed by atoms with van der Waals surface area (Å²) in [5.74, 6) is 0.383. The molecule has 1 aliphatic heterocycles. The van der Waals surface area contributed by atoms with Crippen LogP contribution in [0.2, 0.25) is 5.02 Å². The fourth-order valence-corrected chi connectivity index (χ4v) is 6.38. The molecule has 0 radical (unpaired) electrons. The van der Waals surface area contributed by atoms with Crippen LogP contribution in [0.3, 0.4) is 0 Å². The molecule has 6 nitrogen and oxygen atoms in total. The Morgan fingerprint density at radius 3 is 2.06 bits per heavy atom. The van der Waals surface area contributed by atoms with Gasteiger partial charge in [0, 0.05) is 24.7 Å². The molecule has 0 atom stereocenters. The average Bonchev–Trinajstić information content (AvgIpc) is 2.87. The number of hydrogen-bond acceptors (Lipinski definition) is 6. The first-order valence-corrected chi connectivity index (χ1v) is 13.4. The summed E-state index contributed by atoms with van der Waals surface area (Å²) < 4.78 is 37.1. The van der Waals surface area contributed by atoms with Gasteiger partial charge in [0.2, 0.25) is 0 Å². The van der Waals surface area contributed by atoms with Gasteiger partial charge in [-0.15, -0.1) is 0 Å². The van der Waals surface area contributed by atoms with Gasteiger partial charge in [-0.25, -0.2) is 8.42 Å². The lowest BCUT2D eigenvalue weighted by atomic mass is 9.95. The molecule has 4 rings (SSSR count). The molecule has 8 heteroatoms. The Morgan fingerprint density at radius 1 is 0.914 bits per heavy atom. The van der Waals surface area contributed by atoms with Crippen molar-refractivity contribution in [3.8, 4) is 11.5 Å². The molecule has 0 spiro atoms. The molecular weight excluding hydrogens is 486 g/mol. The van der Waals surface area contributed by atoms with E-state index in [1.807, 2.05) is 30.3 Å². The Morgan fingerprint density at radius 2 is 1.49 bits per heavy atom. The number of benzene rings is 3. The van der Waals surface area contributed by atoms with E-state index < -0.39 is 20.6 Å². The lowest BCUT2D eigenvalue weighted by Gasteiger charge is -2.39. The van der Waals surface area contributed by atoms with Gasteiger partial charge < -0.3 is 9.47 Å². The predicted molar refractivity (Wildman–Crippen MR) is 135 cm³/mol. The summed E-state index contributed by atoms with van der Waals surface area (Å²) >= 11 is 5.91. The molecule has 1 fully saturated rings. The number of halogens is 1. The van der Waals surface area contributed by atoms with Crippen LogP contribution in [0.15, 0.2) is 83.8 Å². The van der Waals surface area contributed by atoms with Crippen LogP contribution >= 0.6 is 11.6 Å². The van der Waals surface area contributed by atoms with E-state index in [1.54, 1.807) is 43.3 Å². The maximum absolute atomic E-state index is 13.8. The highest BCUT2D eigenvalue weighted by Crippen LogP contribution is 2.38. The van der Waals surface area contributed by atoms with Crippen molar-refractivity contribution in [2.75, 3.05) is 19.7 Å². The van der Waals surface area contributed by atoms with Crippen LogP contribution in [0.4, 0.5) is 0 Å². The molecule has 0 bridgehead atoms. The van der Waals surface area contributed by atoms with Crippen LogP contribution in [0.1, 0.15) is 25.3 Å². The number of esters is 1. The van der Waals surface area contributed by atoms with E-state index in [4.69, 9.17) is 21.1 Å². The lowest BCUT2D eigenvalue weighted by molar-refractivity contribution is -0.147. The zero-order valence-electron chi connectivity index (χ0n) is 19.5. The summed E-state index contributed by atoms with van der Waals surface area (Å²) in [6, 6.07) is 23.0. The summed E-state index contributed by atoms with van der Waals surface area (Å²) in [6.45, 7) is 3.47. The molecule has 1 saturated heterocycles. The Hall–Kier alpha value is -2.87. The molecule has 0 N–H and O–H groups in total. The number of sulfone groups is 1. The lowest BCUT2D eigenvalue weighted by Crippen LogP contribution is -2.54. The number of rotatable bonds is 8. The molecule has 3 aromatic carbocycles. The maximum Gasteiger partial charge on any atom is 0.327 e. The fraction of sp³-hybridized carbons (Fsp3) is 0.296. The van der Waals surface area contributed by atoms with Gasteiger partial charge >= 0.3 is 5.97 Å². The van der Waals surface area contributed by atoms with E-state index in [1.165, 1.54) is 12.1 Å². The number of hydrogen-bond donors (Lipinski definition) is 0. The number of piperidine rings is 1.